The average molecular weight is 245 g/mol. The van der Waals surface area contributed by atoms with Crippen molar-refractivity contribution in [1.29, 1.82) is 0 Å². The van der Waals surface area contributed by atoms with Gasteiger partial charge in [-0.1, -0.05) is 19.9 Å². The summed E-state index contributed by atoms with van der Waals surface area (Å²) in [5.41, 5.74) is 1.40. The van der Waals surface area contributed by atoms with E-state index in [0.717, 1.165) is 29.9 Å². The Morgan fingerprint density at radius 1 is 1.39 bits per heavy atom. The summed E-state index contributed by atoms with van der Waals surface area (Å²) in [6.07, 6.45) is 1.69. The first kappa shape index (κ1) is 12.6. The van der Waals surface area contributed by atoms with Crippen molar-refractivity contribution >= 4 is 17.6 Å². The van der Waals surface area contributed by atoms with Gasteiger partial charge in [0.05, 0.1) is 5.52 Å². The molecule has 0 saturated carbocycles. The number of nitrogens with zero attached hydrogens (tertiary/aromatic N) is 3. The molecule has 2 rings (SSSR count). The second-order valence-electron chi connectivity index (χ2n) is 5.13. The van der Waals surface area contributed by atoms with Gasteiger partial charge in [0.2, 0.25) is 0 Å². The van der Waals surface area contributed by atoms with Crippen LogP contribution in [0.2, 0.25) is 0 Å². The summed E-state index contributed by atoms with van der Waals surface area (Å²) in [5, 5.41) is 0. The Kier molecular flexibility index (Phi) is 3.36. The molecule has 0 aromatic carbocycles. The highest BCUT2D eigenvalue weighted by Crippen LogP contribution is 2.21. The zero-order valence-electron chi connectivity index (χ0n) is 11.3. The maximum atomic E-state index is 11.1. The van der Waals surface area contributed by atoms with Crippen molar-refractivity contribution < 1.29 is 4.79 Å². The lowest BCUT2D eigenvalue weighted by molar-refractivity contribution is 0.112. The van der Waals surface area contributed by atoms with Crippen molar-refractivity contribution in [2.24, 2.45) is 5.92 Å². The molecule has 0 amide bonds. The van der Waals surface area contributed by atoms with Crippen LogP contribution in [0.15, 0.2) is 18.2 Å². The number of pyridine rings is 1. The fourth-order valence-electron chi connectivity index (χ4n) is 2.15. The van der Waals surface area contributed by atoms with E-state index < -0.39 is 0 Å². The molecule has 0 radical (unpaired) electrons. The number of carbonyl (C=O) groups excluding carboxylic acids is 1. The van der Waals surface area contributed by atoms with Gasteiger partial charge in [0.15, 0.2) is 6.29 Å². The molecule has 4 nitrogen and oxygen atoms in total. The third kappa shape index (κ3) is 2.10. The second kappa shape index (κ2) is 4.80. The second-order valence-corrected chi connectivity index (χ2v) is 5.13. The monoisotopic (exact) mass is 245 g/mol. The molecular formula is C14H19N3O. The molecule has 0 unspecified atom stereocenters. The van der Waals surface area contributed by atoms with Gasteiger partial charge in [0.1, 0.15) is 17.3 Å². The topological polar surface area (TPSA) is 37.6 Å². The molecule has 0 saturated heterocycles. The maximum Gasteiger partial charge on any atom is 0.170 e. The number of fused-ring (bicyclic) bond motifs is 1. The number of aldehydes is 1. The minimum absolute atomic E-state index is 0.505. The Hall–Kier alpha value is -1.84. The summed E-state index contributed by atoms with van der Waals surface area (Å²) in [4.78, 5) is 17.6. The normalized spacial score (nSPS) is 11.2. The quantitative estimate of drug-likeness (QED) is 0.776. The van der Waals surface area contributed by atoms with Gasteiger partial charge >= 0.3 is 0 Å². The average Bonchev–Trinajstić information content (AvgIpc) is 2.66. The molecule has 4 heteroatoms. The van der Waals surface area contributed by atoms with Crippen LogP contribution in [0.25, 0.3) is 5.52 Å². The molecule has 0 aliphatic heterocycles. The van der Waals surface area contributed by atoms with E-state index in [9.17, 15) is 4.79 Å². The molecule has 0 bridgehead atoms. The molecule has 2 heterocycles. The van der Waals surface area contributed by atoms with E-state index in [-0.39, 0.29) is 0 Å². The Labute approximate surface area is 107 Å². The van der Waals surface area contributed by atoms with Crippen molar-refractivity contribution in [2.75, 3.05) is 19.0 Å². The number of hydrogen-bond acceptors (Lipinski definition) is 3. The molecule has 0 fully saturated rings. The van der Waals surface area contributed by atoms with Crippen LogP contribution in [0.3, 0.4) is 0 Å². The van der Waals surface area contributed by atoms with Crippen molar-refractivity contribution in [2.45, 2.75) is 20.3 Å². The van der Waals surface area contributed by atoms with Crippen LogP contribution in [-0.4, -0.2) is 29.8 Å². The third-order valence-corrected chi connectivity index (χ3v) is 2.90. The maximum absolute atomic E-state index is 11.1. The Bertz CT molecular complexity index is 570. The summed E-state index contributed by atoms with van der Waals surface area (Å²) >= 11 is 0. The van der Waals surface area contributed by atoms with Crippen LogP contribution in [-0.2, 0) is 6.42 Å². The standard InChI is InChI=1S/C14H19N3O/c1-10(2)8-13-15-11(9-18)12-6-5-7-14(16(3)4)17(12)13/h5-7,9-10H,8H2,1-4H3. The molecule has 0 N–H and O–H groups in total. The zero-order chi connectivity index (χ0) is 13.3. The van der Waals surface area contributed by atoms with Crippen LogP contribution in [0.5, 0.6) is 0 Å². The van der Waals surface area contributed by atoms with Gasteiger partial charge in [-0.25, -0.2) is 4.98 Å². The van der Waals surface area contributed by atoms with E-state index >= 15 is 0 Å². The zero-order valence-corrected chi connectivity index (χ0v) is 11.3. The Morgan fingerprint density at radius 2 is 2.11 bits per heavy atom. The number of rotatable bonds is 4. The minimum atomic E-state index is 0.505. The van der Waals surface area contributed by atoms with Gasteiger partial charge in [0.25, 0.3) is 0 Å². The van der Waals surface area contributed by atoms with Crippen molar-refractivity contribution in [1.82, 2.24) is 9.38 Å². The first-order chi connectivity index (χ1) is 8.54. The summed E-state index contributed by atoms with van der Waals surface area (Å²) in [6, 6.07) is 5.93. The number of carbonyl (C=O) groups is 1. The summed E-state index contributed by atoms with van der Waals surface area (Å²) in [7, 11) is 3.99. The van der Waals surface area contributed by atoms with E-state index in [0.29, 0.717) is 11.6 Å². The lowest BCUT2D eigenvalue weighted by Crippen LogP contribution is -2.14. The molecule has 0 spiro atoms. The predicted molar refractivity (Wildman–Crippen MR) is 73.4 cm³/mol. The van der Waals surface area contributed by atoms with Crippen LogP contribution in [0.4, 0.5) is 5.82 Å². The van der Waals surface area contributed by atoms with Crippen LogP contribution < -0.4 is 4.90 Å². The van der Waals surface area contributed by atoms with Gasteiger partial charge in [-0.3, -0.25) is 9.20 Å². The lowest BCUT2D eigenvalue weighted by atomic mass is 10.1. The molecule has 96 valence electrons. The number of hydrogen-bond donors (Lipinski definition) is 0. The van der Waals surface area contributed by atoms with Crippen molar-refractivity contribution in [3.63, 3.8) is 0 Å². The third-order valence-electron chi connectivity index (χ3n) is 2.90. The largest absolute Gasteiger partial charge is 0.364 e. The van der Waals surface area contributed by atoms with Crippen LogP contribution >= 0.6 is 0 Å². The highest BCUT2D eigenvalue weighted by molar-refractivity contribution is 5.84. The lowest BCUT2D eigenvalue weighted by Gasteiger charge is -2.16. The number of aromatic nitrogens is 2. The number of anilines is 1. The van der Waals surface area contributed by atoms with Gasteiger partial charge in [-0.05, 0) is 18.1 Å². The van der Waals surface area contributed by atoms with E-state index in [1.54, 1.807) is 0 Å². The van der Waals surface area contributed by atoms with Gasteiger partial charge in [-0.15, -0.1) is 0 Å². The SMILES string of the molecule is CC(C)Cc1nc(C=O)c2cccc(N(C)C)n12. The summed E-state index contributed by atoms with van der Waals surface area (Å²) < 4.78 is 2.07. The summed E-state index contributed by atoms with van der Waals surface area (Å²) in [5.74, 6) is 2.50. The minimum Gasteiger partial charge on any atom is -0.364 e. The molecular weight excluding hydrogens is 226 g/mol. The van der Waals surface area contributed by atoms with E-state index in [2.05, 4.69) is 23.2 Å². The molecule has 0 atom stereocenters. The van der Waals surface area contributed by atoms with Gasteiger partial charge in [0, 0.05) is 20.5 Å². The Morgan fingerprint density at radius 3 is 2.67 bits per heavy atom. The molecule has 2 aromatic rings. The molecule has 0 aliphatic rings. The van der Waals surface area contributed by atoms with Crippen LogP contribution in [0.1, 0.15) is 30.2 Å². The van der Waals surface area contributed by atoms with E-state index in [1.165, 1.54) is 0 Å². The molecule has 0 aliphatic carbocycles. The first-order valence-corrected chi connectivity index (χ1v) is 6.17. The number of imidazole rings is 1. The fraction of sp³-hybridized carbons (Fsp3) is 0.429. The molecule has 2 aromatic heterocycles. The summed E-state index contributed by atoms with van der Waals surface area (Å²) in [6.45, 7) is 4.31. The smallest absolute Gasteiger partial charge is 0.170 e. The van der Waals surface area contributed by atoms with Crippen LogP contribution in [0, 0.1) is 5.92 Å². The van der Waals surface area contributed by atoms with E-state index in [4.69, 9.17) is 0 Å². The predicted octanol–water partition coefficient (Wildman–Crippen LogP) is 2.41. The fourth-order valence-corrected chi connectivity index (χ4v) is 2.15. The van der Waals surface area contributed by atoms with Crippen molar-refractivity contribution in [3.05, 3.63) is 29.7 Å². The van der Waals surface area contributed by atoms with E-state index in [1.807, 2.05) is 37.2 Å². The first-order valence-electron chi connectivity index (χ1n) is 6.17. The van der Waals surface area contributed by atoms with Gasteiger partial charge in [-0.2, -0.15) is 0 Å². The highest BCUT2D eigenvalue weighted by atomic mass is 16.1. The Balaban J connectivity index is 2.72. The van der Waals surface area contributed by atoms with Gasteiger partial charge < -0.3 is 4.90 Å². The van der Waals surface area contributed by atoms with Crippen molar-refractivity contribution in [3.8, 4) is 0 Å². The highest BCUT2D eigenvalue weighted by Gasteiger charge is 2.14. The molecule has 18 heavy (non-hydrogen) atoms.